The molecule has 4 nitrogen and oxygen atoms in total. The van der Waals surface area contributed by atoms with Crippen LogP contribution in [-0.2, 0) is 17.8 Å². The molecule has 4 rings (SSSR count). The van der Waals surface area contributed by atoms with E-state index in [2.05, 4.69) is 43.0 Å². The maximum atomic E-state index is 12.3. The summed E-state index contributed by atoms with van der Waals surface area (Å²) < 4.78 is 5.38. The third kappa shape index (κ3) is 4.56. The van der Waals surface area contributed by atoms with Crippen LogP contribution in [0.2, 0.25) is 0 Å². The zero-order chi connectivity index (χ0) is 22.7. The van der Waals surface area contributed by atoms with Crippen molar-refractivity contribution in [1.29, 1.82) is 0 Å². The van der Waals surface area contributed by atoms with E-state index in [-0.39, 0.29) is 12.6 Å². The number of aliphatic hydroxyl groups is 1. The maximum Gasteiger partial charge on any atom is 0.338 e. The number of hydrogen-bond acceptors (Lipinski definition) is 4. The topological polar surface area (TPSA) is 49.8 Å². The second-order valence-corrected chi connectivity index (χ2v) is 9.13. The molecule has 3 aromatic carbocycles. The van der Waals surface area contributed by atoms with Crippen LogP contribution in [0.15, 0.2) is 72.8 Å². The largest absolute Gasteiger partial charge is 0.457 e. The first-order chi connectivity index (χ1) is 15.4. The van der Waals surface area contributed by atoms with Gasteiger partial charge in [-0.2, -0.15) is 0 Å². The van der Waals surface area contributed by atoms with Crippen molar-refractivity contribution >= 4 is 11.7 Å². The van der Waals surface area contributed by atoms with Crippen molar-refractivity contribution in [3.8, 4) is 11.1 Å². The van der Waals surface area contributed by atoms with Crippen LogP contribution in [0.25, 0.3) is 11.1 Å². The molecule has 0 saturated carbocycles. The lowest BCUT2D eigenvalue weighted by Crippen LogP contribution is -2.49. The van der Waals surface area contributed by atoms with Gasteiger partial charge in [-0.1, -0.05) is 74.5 Å². The molecule has 3 aromatic rings. The SMILES string of the molecule is CC(C)CC(C)(O)N(CCc1ccccc1)c1ccc2c(c1-c1ccccc1)COC2=O. The average molecular weight is 430 g/mol. The summed E-state index contributed by atoms with van der Waals surface area (Å²) in [5, 5.41) is 11.7. The van der Waals surface area contributed by atoms with Crippen molar-refractivity contribution in [3.05, 3.63) is 89.5 Å². The predicted octanol–water partition coefficient (Wildman–Crippen LogP) is 5.83. The van der Waals surface area contributed by atoms with Crippen molar-refractivity contribution < 1.29 is 14.6 Å². The number of esters is 1. The normalized spacial score (nSPS) is 14.7. The van der Waals surface area contributed by atoms with Crippen molar-refractivity contribution in [2.45, 2.75) is 45.9 Å². The lowest BCUT2D eigenvalue weighted by molar-refractivity contribution is 0.0347. The summed E-state index contributed by atoms with van der Waals surface area (Å²) in [5.41, 5.74) is 4.58. The molecule has 1 aliphatic heterocycles. The number of anilines is 1. The summed E-state index contributed by atoms with van der Waals surface area (Å²) in [6.45, 7) is 7.04. The van der Waals surface area contributed by atoms with Crippen LogP contribution in [0.4, 0.5) is 5.69 Å². The number of ether oxygens (including phenoxy) is 1. The van der Waals surface area contributed by atoms with Gasteiger partial charge in [0.2, 0.25) is 0 Å². The van der Waals surface area contributed by atoms with E-state index in [1.807, 2.05) is 55.5 Å². The highest BCUT2D eigenvalue weighted by Crippen LogP contribution is 2.42. The smallest absolute Gasteiger partial charge is 0.338 e. The van der Waals surface area contributed by atoms with Gasteiger partial charge in [0, 0.05) is 23.4 Å². The molecule has 166 valence electrons. The first kappa shape index (κ1) is 22.1. The van der Waals surface area contributed by atoms with Crippen molar-refractivity contribution in [3.63, 3.8) is 0 Å². The molecule has 1 heterocycles. The molecule has 0 aliphatic carbocycles. The molecule has 1 unspecified atom stereocenters. The number of fused-ring (bicyclic) bond motifs is 1. The van der Waals surface area contributed by atoms with E-state index in [0.717, 1.165) is 28.8 Å². The Labute approximate surface area is 190 Å². The van der Waals surface area contributed by atoms with Gasteiger partial charge >= 0.3 is 5.97 Å². The molecule has 32 heavy (non-hydrogen) atoms. The molecule has 0 radical (unpaired) electrons. The zero-order valence-corrected chi connectivity index (χ0v) is 19.0. The molecular weight excluding hydrogens is 398 g/mol. The van der Waals surface area contributed by atoms with Gasteiger partial charge < -0.3 is 14.7 Å². The van der Waals surface area contributed by atoms with Crippen LogP contribution in [0.5, 0.6) is 0 Å². The second-order valence-electron chi connectivity index (χ2n) is 9.13. The van der Waals surface area contributed by atoms with Gasteiger partial charge in [0.05, 0.1) is 5.56 Å². The van der Waals surface area contributed by atoms with Gasteiger partial charge in [-0.25, -0.2) is 4.79 Å². The third-order valence-corrected chi connectivity index (χ3v) is 6.06. The van der Waals surface area contributed by atoms with Crippen LogP contribution < -0.4 is 4.90 Å². The van der Waals surface area contributed by atoms with Gasteiger partial charge in [-0.05, 0) is 48.9 Å². The zero-order valence-electron chi connectivity index (χ0n) is 19.0. The van der Waals surface area contributed by atoms with Crippen molar-refractivity contribution in [1.82, 2.24) is 0 Å². The quantitative estimate of drug-likeness (QED) is 0.362. The average Bonchev–Trinajstić information content (AvgIpc) is 3.14. The fourth-order valence-electron chi connectivity index (χ4n) is 4.73. The fourth-order valence-corrected chi connectivity index (χ4v) is 4.73. The summed E-state index contributed by atoms with van der Waals surface area (Å²) in [6, 6.07) is 24.2. The minimum absolute atomic E-state index is 0.255. The monoisotopic (exact) mass is 429 g/mol. The molecule has 4 heteroatoms. The van der Waals surface area contributed by atoms with Crippen LogP contribution >= 0.6 is 0 Å². The number of nitrogens with zero attached hydrogens (tertiary/aromatic N) is 1. The minimum atomic E-state index is -1.05. The number of carbonyl (C=O) groups is 1. The van der Waals surface area contributed by atoms with Crippen molar-refractivity contribution in [2.24, 2.45) is 5.92 Å². The Bertz CT molecular complexity index is 1070. The molecule has 1 aliphatic rings. The molecule has 0 bridgehead atoms. The van der Waals surface area contributed by atoms with Gasteiger partial charge in [0.25, 0.3) is 0 Å². The fraction of sp³-hybridized carbons (Fsp3) is 0.321. The number of cyclic esters (lactones) is 1. The van der Waals surface area contributed by atoms with Crippen molar-refractivity contribution in [2.75, 3.05) is 11.4 Å². The summed E-state index contributed by atoms with van der Waals surface area (Å²) >= 11 is 0. The predicted molar refractivity (Wildman–Crippen MR) is 129 cm³/mol. The Balaban J connectivity index is 1.84. The first-order valence-corrected chi connectivity index (χ1v) is 11.3. The van der Waals surface area contributed by atoms with Gasteiger partial charge in [0.1, 0.15) is 12.3 Å². The summed E-state index contributed by atoms with van der Waals surface area (Å²) in [6.07, 6.45) is 1.43. The van der Waals surface area contributed by atoms with E-state index >= 15 is 0 Å². The molecule has 1 N–H and O–H groups in total. The molecule has 0 spiro atoms. The number of benzene rings is 3. The van der Waals surface area contributed by atoms with Gasteiger partial charge in [0.15, 0.2) is 0 Å². The number of rotatable bonds is 8. The minimum Gasteiger partial charge on any atom is -0.457 e. The molecule has 0 fully saturated rings. The third-order valence-electron chi connectivity index (χ3n) is 6.06. The Morgan fingerprint density at radius 2 is 1.66 bits per heavy atom. The van der Waals surface area contributed by atoms with E-state index < -0.39 is 5.72 Å². The lowest BCUT2D eigenvalue weighted by atomic mass is 9.92. The van der Waals surface area contributed by atoms with Crippen LogP contribution in [0, 0.1) is 5.92 Å². The van der Waals surface area contributed by atoms with E-state index in [0.29, 0.717) is 24.4 Å². The van der Waals surface area contributed by atoms with Crippen LogP contribution in [-0.4, -0.2) is 23.3 Å². The summed E-state index contributed by atoms with van der Waals surface area (Å²) in [5.74, 6) is 0.0391. The first-order valence-electron chi connectivity index (χ1n) is 11.3. The Morgan fingerprint density at radius 1 is 1.00 bits per heavy atom. The number of hydrogen-bond donors (Lipinski definition) is 1. The molecule has 0 amide bonds. The van der Waals surface area contributed by atoms with E-state index in [4.69, 9.17) is 4.74 Å². The Morgan fingerprint density at radius 3 is 2.31 bits per heavy atom. The van der Waals surface area contributed by atoms with Gasteiger partial charge in [-0.3, -0.25) is 0 Å². The Hall–Kier alpha value is -3.11. The summed E-state index contributed by atoms with van der Waals surface area (Å²) in [4.78, 5) is 14.4. The highest BCUT2D eigenvalue weighted by atomic mass is 16.5. The standard InChI is InChI=1S/C28H31NO3/c1-20(2)18-28(3,31)29(17-16-21-10-6-4-7-11-21)25-15-14-23-24(19-32-27(23)30)26(25)22-12-8-5-9-13-22/h4-15,20,31H,16-19H2,1-3H3. The highest BCUT2D eigenvalue weighted by molar-refractivity contribution is 5.99. The molecular formula is C28H31NO3. The highest BCUT2D eigenvalue weighted by Gasteiger charge is 2.34. The van der Waals surface area contributed by atoms with E-state index in [1.165, 1.54) is 5.56 Å². The second kappa shape index (κ2) is 9.17. The van der Waals surface area contributed by atoms with E-state index in [9.17, 15) is 9.90 Å². The molecule has 0 saturated heterocycles. The lowest BCUT2D eigenvalue weighted by Gasteiger charge is -2.41. The van der Waals surface area contributed by atoms with Gasteiger partial charge in [-0.15, -0.1) is 0 Å². The number of carbonyl (C=O) groups excluding carboxylic acids is 1. The summed E-state index contributed by atoms with van der Waals surface area (Å²) in [7, 11) is 0. The Kier molecular flexibility index (Phi) is 6.33. The van der Waals surface area contributed by atoms with E-state index in [1.54, 1.807) is 0 Å². The van der Waals surface area contributed by atoms with Crippen LogP contribution in [0.1, 0.15) is 48.7 Å². The molecule has 1 atom stereocenters. The molecule has 0 aromatic heterocycles. The maximum absolute atomic E-state index is 12.3. The van der Waals surface area contributed by atoms with Crippen LogP contribution in [0.3, 0.4) is 0 Å².